The normalized spacial score (nSPS) is 16.4. The molecule has 1 atom stereocenters. The number of carbonyl (C=O) groups excluding carboxylic acids is 3. The van der Waals surface area contributed by atoms with Crippen molar-refractivity contribution in [1.82, 2.24) is 0 Å². The number of thioether (sulfide) groups is 1. The molecular weight excluding hydrogens is 380 g/mol. The van der Waals surface area contributed by atoms with Crippen molar-refractivity contribution in [2.24, 2.45) is 0 Å². The minimum absolute atomic E-state index is 0.0419. The summed E-state index contributed by atoms with van der Waals surface area (Å²) < 4.78 is 0. The van der Waals surface area contributed by atoms with E-state index in [1.807, 2.05) is 19.9 Å². The third-order valence-electron chi connectivity index (χ3n) is 4.43. The fraction of sp³-hybridized carbons (Fsp3) is 0.200. The molecule has 0 aliphatic carbocycles. The number of nitrogens with one attached hydrogen (secondary N) is 1. The van der Waals surface area contributed by atoms with Crippen molar-refractivity contribution in [2.75, 3.05) is 10.2 Å². The molecule has 0 spiro atoms. The lowest BCUT2D eigenvalue weighted by atomic mass is 10.1. The number of nitrogens with zero attached hydrogens (tertiary/aromatic N) is 1. The Morgan fingerprint density at radius 3 is 2.54 bits per heavy atom. The van der Waals surface area contributed by atoms with Crippen molar-refractivity contribution in [3.8, 4) is 0 Å². The molecule has 1 aliphatic heterocycles. The average Bonchev–Trinajstić information content (AvgIpc) is 2.91. The minimum Gasteiger partial charge on any atom is -0.478 e. The molecule has 0 radical (unpaired) electrons. The summed E-state index contributed by atoms with van der Waals surface area (Å²) in [5, 5.41) is 10.3. The fourth-order valence-electron chi connectivity index (χ4n) is 2.80. The molecule has 2 aromatic rings. The first-order valence-electron chi connectivity index (χ1n) is 8.51. The van der Waals surface area contributed by atoms with Crippen LogP contribution < -0.4 is 10.2 Å². The SMILES string of the molecule is Cc1ccc(N2C(=O)SC(CC(=O)Nc3cccc(C(=O)O)c3)C2=O)cc1C. The molecule has 1 unspecified atom stereocenters. The maximum absolute atomic E-state index is 12.7. The van der Waals surface area contributed by atoms with Gasteiger partial charge >= 0.3 is 5.97 Å². The van der Waals surface area contributed by atoms with E-state index in [-0.39, 0.29) is 12.0 Å². The van der Waals surface area contributed by atoms with Gasteiger partial charge in [0.1, 0.15) is 5.25 Å². The van der Waals surface area contributed by atoms with Crippen LogP contribution >= 0.6 is 11.8 Å². The van der Waals surface area contributed by atoms with Gasteiger partial charge in [-0.15, -0.1) is 0 Å². The second-order valence-corrected chi connectivity index (χ2v) is 7.61. The summed E-state index contributed by atoms with van der Waals surface area (Å²) in [4.78, 5) is 49.4. The monoisotopic (exact) mass is 398 g/mol. The third kappa shape index (κ3) is 4.07. The molecule has 1 fully saturated rings. The molecule has 0 bridgehead atoms. The number of hydrogen-bond acceptors (Lipinski definition) is 5. The van der Waals surface area contributed by atoms with Crippen molar-refractivity contribution in [3.05, 3.63) is 59.2 Å². The van der Waals surface area contributed by atoms with Crippen LogP contribution in [0.2, 0.25) is 0 Å². The highest BCUT2D eigenvalue weighted by atomic mass is 32.2. The van der Waals surface area contributed by atoms with Crippen LogP contribution in [0.1, 0.15) is 27.9 Å². The number of imide groups is 1. The van der Waals surface area contributed by atoms with Gasteiger partial charge in [-0.2, -0.15) is 0 Å². The van der Waals surface area contributed by atoms with Gasteiger partial charge in [-0.1, -0.05) is 12.1 Å². The second-order valence-electron chi connectivity index (χ2n) is 6.45. The first-order valence-corrected chi connectivity index (χ1v) is 9.39. The molecule has 1 heterocycles. The van der Waals surface area contributed by atoms with Crippen molar-refractivity contribution >= 4 is 46.2 Å². The summed E-state index contributed by atoms with van der Waals surface area (Å²) >= 11 is 0.816. The highest BCUT2D eigenvalue weighted by Gasteiger charge is 2.41. The number of hydrogen-bond donors (Lipinski definition) is 2. The summed E-state index contributed by atoms with van der Waals surface area (Å²) in [6.45, 7) is 3.83. The molecule has 0 aromatic heterocycles. The molecule has 144 valence electrons. The Balaban J connectivity index is 1.69. The number of aromatic carboxylic acids is 1. The fourth-order valence-corrected chi connectivity index (χ4v) is 3.78. The zero-order valence-corrected chi connectivity index (χ0v) is 16.1. The van der Waals surface area contributed by atoms with Gasteiger partial charge in [-0.05, 0) is 67.1 Å². The number of carboxylic acid groups (broad SMARTS) is 1. The van der Waals surface area contributed by atoms with E-state index in [9.17, 15) is 19.2 Å². The second kappa shape index (κ2) is 7.85. The Morgan fingerprint density at radius 2 is 1.86 bits per heavy atom. The van der Waals surface area contributed by atoms with E-state index in [0.717, 1.165) is 27.8 Å². The first kappa shape index (κ1) is 19.6. The Morgan fingerprint density at radius 1 is 1.11 bits per heavy atom. The van der Waals surface area contributed by atoms with Crippen LogP contribution in [0.3, 0.4) is 0 Å². The standard InChI is InChI=1S/C20H18N2O5S/c1-11-6-7-15(8-12(11)2)22-18(24)16(28-20(22)27)10-17(23)21-14-5-3-4-13(9-14)19(25)26/h3-9,16H,10H2,1-2H3,(H,21,23)(H,25,26). The molecule has 0 saturated carbocycles. The van der Waals surface area contributed by atoms with Gasteiger partial charge < -0.3 is 10.4 Å². The van der Waals surface area contributed by atoms with Crippen LogP contribution in [0.25, 0.3) is 0 Å². The summed E-state index contributed by atoms with van der Waals surface area (Å²) in [5.41, 5.74) is 2.86. The van der Waals surface area contributed by atoms with E-state index < -0.39 is 28.3 Å². The minimum atomic E-state index is -1.10. The Labute approximate surface area is 165 Å². The molecule has 8 heteroatoms. The molecule has 2 N–H and O–H groups in total. The largest absolute Gasteiger partial charge is 0.478 e. The summed E-state index contributed by atoms with van der Waals surface area (Å²) in [6, 6.07) is 11.1. The Bertz CT molecular complexity index is 988. The van der Waals surface area contributed by atoms with Crippen LogP contribution in [0, 0.1) is 13.8 Å². The van der Waals surface area contributed by atoms with Crippen LogP contribution in [0.5, 0.6) is 0 Å². The van der Waals surface area contributed by atoms with E-state index in [0.29, 0.717) is 11.4 Å². The van der Waals surface area contributed by atoms with Crippen molar-refractivity contribution in [1.29, 1.82) is 0 Å². The van der Waals surface area contributed by atoms with Gasteiger partial charge in [0.05, 0.1) is 11.3 Å². The maximum atomic E-state index is 12.7. The first-order chi connectivity index (χ1) is 13.3. The van der Waals surface area contributed by atoms with Crippen LogP contribution in [0.4, 0.5) is 16.2 Å². The lowest BCUT2D eigenvalue weighted by Gasteiger charge is -2.15. The van der Waals surface area contributed by atoms with Crippen molar-refractivity contribution in [3.63, 3.8) is 0 Å². The third-order valence-corrected chi connectivity index (χ3v) is 5.47. The topological polar surface area (TPSA) is 104 Å². The molecule has 7 nitrogen and oxygen atoms in total. The van der Waals surface area contributed by atoms with Gasteiger partial charge in [0, 0.05) is 12.1 Å². The lowest BCUT2D eigenvalue weighted by Crippen LogP contribution is -2.33. The van der Waals surface area contributed by atoms with E-state index in [1.165, 1.54) is 18.2 Å². The Kier molecular flexibility index (Phi) is 5.51. The summed E-state index contributed by atoms with van der Waals surface area (Å²) in [5.74, 6) is -2.01. The molecule has 28 heavy (non-hydrogen) atoms. The lowest BCUT2D eigenvalue weighted by molar-refractivity contribution is -0.121. The van der Waals surface area contributed by atoms with E-state index in [4.69, 9.17) is 5.11 Å². The number of anilines is 2. The zero-order chi connectivity index (χ0) is 20.4. The van der Waals surface area contributed by atoms with Crippen LogP contribution in [-0.4, -0.2) is 33.4 Å². The molecule has 1 aliphatic rings. The highest BCUT2D eigenvalue weighted by molar-refractivity contribution is 8.15. The molecule has 1 saturated heterocycles. The van der Waals surface area contributed by atoms with Gasteiger partial charge in [0.25, 0.3) is 5.24 Å². The van der Waals surface area contributed by atoms with Crippen molar-refractivity contribution in [2.45, 2.75) is 25.5 Å². The predicted molar refractivity (Wildman–Crippen MR) is 107 cm³/mol. The van der Waals surface area contributed by atoms with Crippen LogP contribution in [-0.2, 0) is 9.59 Å². The number of carboxylic acids is 1. The number of amides is 3. The number of rotatable bonds is 5. The smallest absolute Gasteiger partial charge is 0.335 e. The van der Waals surface area contributed by atoms with Crippen LogP contribution in [0.15, 0.2) is 42.5 Å². The molecular formula is C20H18N2O5S. The average molecular weight is 398 g/mol. The zero-order valence-electron chi connectivity index (χ0n) is 15.3. The predicted octanol–water partition coefficient (Wildman–Crippen LogP) is 3.60. The Hall–Kier alpha value is -3.13. The quantitative estimate of drug-likeness (QED) is 0.798. The van der Waals surface area contributed by atoms with Gasteiger partial charge in [-0.3, -0.25) is 14.4 Å². The summed E-state index contributed by atoms with van der Waals surface area (Å²) in [6.07, 6.45) is -0.187. The summed E-state index contributed by atoms with van der Waals surface area (Å²) in [7, 11) is 0. The van der Waals surface area contributed by atoms with E-state index >= 15 is 0 Å². The number of benzene rings is 2. The maximum Gasteiger partial charge on any atom is 0.335 e. The number of carbonyl (C=O) groups is 4. The van der Waals surface area contributed by atoms with Gasteiger partial charge in [0.15, 0.2) is 0 Å². The highest BCUT2D eigenvalue weighted by Crippen LogP contribution is 2.34. The molecule has 3 rings (SSSR count). The van der Waals surface area contributed by atoms with E-state index in [1.54, 1.807) is 18.2 Å². The number of aryl methyl sites for hydroxylation is 2. The van der Waals surface area contributed by atoms with E-state index in [2.05, 4.69) is 5.32 Å². The molecule has 2 aromatic carbocycles. The van der Waals surface area contributed by atoms with Crippen molar-refractivity contribution < 1.29 is 24.3 Å². The van der Waals surface area contributed by atoms with Gasteiger partial charge in [-0.25, -0.2) is 9.69 Å². The van der Waals surface area contributed by atoms with Gasteiger partial charge in [0.2, 0.25) is 11.8 Å². The molecule has 3 amide bonds.